The Morgan fingerprint density at radius 3 is 2.58 bits per heavy atom. The number of pyridine rings is 2. The molecule has 0 aromatic carbocycles. The first-order valence-corrected chi connectivity index (χ1v) is 10.4. The molecule has 0 atom stereocenters. The number of nitrogens with one attached hydrogen (secondary N) is 1. The number of amides is 1. The zero-order valence-electron chi connectivity index (χ0n) is 18.4. The van der Waals surface area contributed by atoms with Gasteiger partial charge < -0.3 is 19.7 Å². The van der Waals surface area contributed by atoms with E-state index < -0.39 is 12.8 Å². The topological polar surface area (TPSA) is 93.7 Å². The third-order valence-corrected chi connectivity index (χ3v) is 4.76. The maximum atomic E-state index is 12.7. The SMILES string of the molecule is CC(=O)Cc1cc(C(=O)NCc2ccc(OCC(F)(F)F)nc2N2CCOCC2)cc(C)n1. The molecule has 0 radical (unpaired) electrons. The standard InChI is InChI=1S/C22H25F3N4O4/c1-14-9-17(11-18(27-14)10-15(2)30)21(31)26-12-16-3-4-19(33-13-22(23,24)25)28-20(16)29-5-7-32-8-6-29/h3-4,9,11H,5-8,10,12-13H2,1-2H3,(H,26,31). The lowest BCUT2D eigenvalue weighted by atomic mass is 10.1. The summed E-state index contributed by atoms with van der Waals surface area (Å²) in [4.78, 5) is 34.6. The van der Waals surface area contributed by atoms with Crippen LogP contribution in [0.2, 0.25) is 0 Å². The Hall–Kier alpha value is -3.21. The summed E-state index contributed by atoms with van der Waals surface area (Å²) in [6, 6.07) is 6.12. The van der Waals surface area contributed by atoms with Gasteiger partial charge in [0.25, 0.3) is 5.91 Å². The number of carbonyl (C=O) groups is 2. The van der Waals surface area contributed by atoms with Crippen molar-refractivity contribution in [3.05, 3.63) is 46.8 Å². The number of carbonyl (C=O) groups excluding carboxylic acids is 2. The summed E-state index contributed by atoms with van der Waals surface area (Å²) >= 11 is 0. The largest absolute Gasteiger partial charge is 0.468 e. The number of ether oxygens (including phenoxy) is 2. The molecule has 3 rings (SSSR count). The van der Waals surface area contributed by atoms with E-state index in [0.29, 0.717) is 54.6 Å². The highest BCUT2D eigenvalue weighted by Crippen LogP contribution is 2.25. The predicted molar refractivity (Wildman–Crippen MR) is 113 cm³/mol. The molecule has 3 heterocycles. The number of hydrogen-bond acceptors (Lipinski definition) is 7. The quantitative estimate of drug-likeness (QED) is 0.639. The Bertz CT molecular complexity index is 1010. The molecule has 1 aliphatic heterocycles. The zero-order chi connectivity index (χ0) is 24.0. The van der Waals surface area contributed by atoms with Gasteiger partial charge in [0.1, 0.15) is 11.6 Å². The second kappa shape index (κ2) is 10.6. The molecule has 2 aromatic rings. The summed E-state index contributed by atoms with van der Waals surface area (Å²) in [6.07, 6.45) is -4.34. The average molecular weight is 466 g/mol. The molecule has 1 saturated heterocycles. The second-order valence-electron chi connectivity index (χ2n) is 7.69. The molecule has 1 fully saturated rings. The molecular formula is C22H25F3N4O4. The highest BCUT2D eigenvalue weighted by Gasteiger charge is 2.29. The van der Waals surface area contributed by atoms with Crippen LogP contribution in [0.5, 0.6) is 5.88 Å². The number of ketones is 1. The Balaban J connectivity index is 1.77. The van der Waals surface area contributed by atoms with E-state index in [1.165, 1.54) is 13.0 Å². The first-order valence-electron chi connectivity index (χ1n) is 10.4. The third kappa shape index (κ3) is 7.41. The molecule has 0 unspecified atom stereocenters. The summed E-state index contributed by atoms with van der Waals surface area (Å²) < 4.78 is 47.7. The number of alkyl halides is 3. The van der Waals surface area contributed by atoms with E-state index in [9.17, 15) is 22.8 Å². The van der Waals surface area contributed by atoms with Crippen LogP contribution in [0.25, 0.3) is 0 Å². The lowest BCUT2D eigenvalue weighted by Crippen LogP contribution is -2.38. The van der Waals surface area contributed by atoms with Crippen LogP contribution in [0.3, 0.4) is 0 Å². The minimum Gasteiger partial charge on any atom is -0.468 e. The molecule has 0 aliphatic carbocycles. The van der Waals surface area contributed by atoms with Crippen molar-refractivity contribution in [3.63, 3.8) is 0 Å². The molecule has 11 heteroatoms. The minimum atomic E-state index is -4.47. The number of Topliss-reactive ketones (excluding diaryl/α,β-unsaturated/α-hetero) is 1. The highest BCUT2D eigenvalue weighted by atomic mass is 19.4. The normalized spacial score (nSPS) is 14.2. The van der Waals surface area contributed by atoms with Gasteiger partial charge in [-0.15, -0.1) is 0 Å². The Morgan fingerprint density at radius 2 is 1.91 bits per heavy atom. The van der Waals surface area contributed by atoms with Crippen molar-refractivity contribution in [3.8, 4) is 5.88 Å². The summed E-state index contributed by atoms with van der Waals surface area (Å²) in [6.45, 7) is 3.77. The molecule has 0 spiro atoms. The van der Waals surface area contributed by atoms with Crippen molar-refractivity contribution in [1.82, 2.24) is 15.3 Å². The van der Waals surface area contributed by atoms with Crippen LogP contribution in [0, 0.1) is 6.92 Å². The molecule has 0 bridgehead atoms. The van der Waals surface area contributed by atoms with Gasteiger partial charge in [-0.25, -0.2) is 0 Å². The maximum absolute atomic E-state index is 12.7. The highest BCUT2D eigenvalue weighted by molar-refractivity contribution is 5.94. The van der Waals surface area contributed by atoms with E-state index in [0.717, 1.165) is 0 Å². The fraction of sp³-hybridized carbons (Fsp3) is 0.455. The molecule has 33 heavy (non-hydrogen) atoms. The monoisotopic (exact) mass is 466 g/mol. The number of anilines is 1. The Kier molecular flexibility index (Phi) is 7.85. The van der Waals surface area contributed by atoms with Crippen LogP contribution in [-0.4, -0.2) is 60.7 Å². The van der Waals surface area contributed by atoms with Crippen molar-refractivity contribution in [2.45, 2.75) is 33.0 Å². The van der Waals surface area contributed by atoms with Gasteiger partial charge in [0.05, 0.1) is 13.2 Å². The van der Waals surface area contributed by atoms with Crippen LogP contribution in [-0.2, 0) is 22.5 Å². The third-order valence-electron chi connectivity index (χ3n) is 4.76. The number of halogens is 3. The van der Waals surface area contributed by atoms with E-state index in [1.807, 2.05) is 4.90 Å². The van der Waals surface area contributed by atoms with Crippen molar-refractivity contribution < 1.29 is 32.2 Å². The average Bonchev–Trinajstić information content (AvgIpc) is 2.75. The number of hydrogen-bond donors (Lipinski definition) is 1. The van der Waals surface area contributed by atoms with Crippen LogP contribution in [0.4, 0.5) is 19.0 Å². The van der Waals surface area contributed by atoms with Gasteiger partial charge in [-0.05, 0) is 32.0 Å². The fourth-order valence-corrected chi connectivity index (χ4v) is 3.37. The zero-order valence-corrected chi connectivity index (χ0v) is 18.4. The van der Waals surface area contributed by atoms with Crippen LogP contribution < -0.4 is 15.0 Å². The molecule has 0 saturated carbocycles. The number of nitrogens with zero attached hydrogens (tertiary/aromatic N) is 3. The first kappa shape index (κ1) is 24.4. The van der Waals surface area contributed by atoms with Crippen molar-refractivity contribution in [2.75, 3.05) is 37.8 Å². The molecule has 178 valence electrons. The number of morpholine rings is 1. The Labute approximate surface area is 189 Å². The summed E-state index contributed by atoms with van der Waals surface area (Å²) in [7, 11) is 0. The summed E-state index contributed by atoms with van der Waals surface area (Å²) in [5.41, 5.74) is 2.11. The van der Waals surface area contributed by atoms with Gasteiger partial charge in [-0.1, -0.05) is 0 Å². The number of rotatable bonds is 8. The van der Waals surface area contributed by atoms with Gasteiger partial charge in [0, 0.05) is 54.6 Å². The molecule has 8 nitrogen and oxygen atoms in total. The molecular weight excluding hydrogens is 441 g/mol. The van der Waals surface area contributed by atoms with Gasteiger partial charge in [-0.3, -0.25) is 14.6 Å². The van der Waals surface area contributed by atoms with Crippen molar-refractivity contribution in [2.24, 2.45) is 0 Å². The van der Waals surface area contributed by atoms with Crippen LogP contribution in [0.15, 0.2) is 24.3 Å². The van der Waals surface area contributed by atoms with E-state index in [-0.39, 0.29) is 30.5 Å². The Morgan fingerprint density at radius 1 is 1.18 bits per heavy atom. The van der Waals surface area contributed by atoms with E-state index in [4.69, 9.17) is 9.47 Å². The van der Waals surface area contributed by atoms with Gasteiger partial charge in [0.2, 0.25) is 5.88 Å². The second-order valence-corrected chi connectivity index (χ2v) is 7.69. The van der Waals surface area contributed by atoms with Crippen LogP contribution in [0.1, 0.15) is 34.2 Å². The number of aryl methyl sites for hydroxylation is 1. The smallest absolute Gasteiger partial charge is 0.422 e. The lowest BCUT2D eigenvalue weighted by Gasteiger charge is -2.29. The van der Waals surface area contributed by atoms with Gasteiger partial charge in [-0.2, -0.15) is 18.2 Å². The van der Waals surface area contributed by atoms with E-state index in [2.05, 4.69) is 15.3 Å². The predicted octanol–water partition coefficient (Wildman–Crippen LogP) is 2.62. The van der Waals surface area contributed by atoms with Gasteiger partial charge >= 0.3 is 6.18 Å². The fourth-order valence-electron chi connectivity index (χ4n) is 3.37. The molecule has 1 N–H and O–H groups in total. The molecule has 1 aliphatic rings. The van der Waals surface area contributed by atoms with Crippen molar-refractivity contribution >= 4 is 17.5 Å². The summed E-state index contributed by atoms with van der Waals surface area (Å²) in [5, 5.41) is 2.81. The molecule has 2 aromatic heterocycles. The minimum absolute atomic E-state index is 0.0616. The van der Waals surface area contributed by atoms with E-state index in [1.54, 1.807) is 25.1 Å². The first-order chi connectivity index (χ1) is 15.6. The van der Waals surface area contributed by atoms with Crippen molar-refractivity contribution in [1.29, 1.82) is 0 Å². The lowest BCUT2D eigenvalue weighted by molar-refractivity contribution is -0.154. The van der Waals surface area contributed by atoms with E-state index >= 15 is 0 Å². The number of aromatic nitrogens is 2. The van der Waals surface area contributed by atoms with Crippen LogP contribution >= 0.6 is 0 Å². The van der Waals surface area contributed by atoms with Gasteiger partial charge in [0.15, 0.2) is 6.61 Å². The maximum Gasteiger partial charge on any atom is 0.422 e. The summed E-state index contributed by atoms with van der Waals surface area (Å²) in [5.74, 6) is -0.145. The molecule has 1 amide bonds.